The summed E-state index contributed by atoms with van der Waals surface area (Å²) in [5, 5.41) is 1.14. The van der Waals surface area contributed by atoms with Crippen LogP contribution in [0.25, 0.3) is 10.9 Å². The van der Waals surface area contributed by atoms with Gasteiger partial charge in [0.15, 0.2) is 0 Å². The summed E-state index contributed by atoms with van der Waals surface area (Å²) < 4.78 is 5.27. The summed E-state index contributed by atoms with van der Waals surface area (Å²) in [6.45, 7) is 8.64. The van der Waals surface area contributed by atoms with Crippen LogP contribution in [-0.2, 0) is 6.42 Å². The lowest BCUT2D eigenvalue weighted by molar-refractivity contribution is 0.415. The Morgan fingerprint density at radius 1 is 1.14 bits per heavy atom. The van der Waals surface area contributed by atoms with Gasteiger partial charge in [-0.05, 0) is 49.9 Å². The topological polar surface area (TPSA) is 22.1 Å². The first-order valence-electron chi connectivity index (χ1n) is 7.96. The van der Waals surface area contributed by atoms with Crippen molar-refractivity contribution < 1.29 is 4.74 Å². The van der Waals surface area contributed by atoms with Crippen molar-refractivity contribution in [3.05, 3.63) is 41.9 Å². The van der Waals surface area contributed by atoms with E-state index in [2.05, 4.69) is 26.8 Å². The van der Waals surface area contributed by atoms with E-state index in [1.807, 2.05) is 12.1 Å². The first-order chi connectivity index (χ1) is 10.2. The van der Waals surface area contributed by atoms with Gasteiger partial charge in [0, 0.05) is 17.1 Å². The minimum atomic E-state index is 0.848. The molecule has 0 spiro atoms. The molecule has 0 bridgehead atoms. The molecule has 0 aliphatic rings. The maximum Gasteiger partial charge on any atom is 0.121 e. The van der Waals surface area contributed by atoms with E-state index in [0.717, 1.165) is 34.3 Å². The molecule has 0 saturated carbocycles. The zero-order valence-corrected chi connectivity index (χ0v) is 13.5. The Morgan fingerprint density at radius 3 is 2.62 bits per heavy atom. The van der Waals surface area contributed by atoms with E-state index in [9.17, 15) is 0 Å². The Labute approximate surface area is 128 Å². The number of nitrogens with zero attached hydrogens (tertiary/aromatic N) is 1. The number of benzene rings is 1. The zero-order chi connectivity index (χ0) is 15.2. The molecule has 2 aromatic rings. The number of rotatable bonds is 7. The molecule has 2 rings (SSSR count). The predicted octanol–water partition coefficient (Wildman–Crippen LogP) is 5.25. The highest BCUT2D eigenvalue weighted by atomic mass is 16.5. The number of ether oxygens (including phenoxy) is 1. The van der Waals surface area contributed by atoms with Crippen LogP contribution in [0.1, 0.15) is 55.8 Å². The van der Waals surface area contributed by atoms with Gasteiger partial charge >= 0.3 is 0 Å². The molecule has 0 atom stereocenters. The maximum atomic E-state index is 5.27. The number of fused-ring (bicyclic) bond motifs is 1. The lowest BCUT2D eigenvalue weighted by atomic mass is 9.97. The molecule has 1 aromatic heterocycles. The standard InChI is InChI=1S/C19H26NO/c1-5-6-7-8-9-10-17-14(2)18-12-11-16(21-4)13-19(18)20-15(17)3/h11-13H,2,5-10H2,1,3-4H3. The van der Waals surface area contributed by atoms with Gasteiger partial charge in [0.2, 0.25) is 0 Å². The molecule has 0 unspecified atom stereocenters. The summed E-state index contributed by atoms with van der Waals surface area (Å²) >= 11 is 0. The highest BCUT2D eigenvalue weighted by Crippen LogP contribution is 2.27. The van der Waals surface area contributed by atoms with Crippen molar-refractivity contribution in [2.45, 2.75) is 52.4 Å². The van der Waals surface area contributed by atoms with Gasteiger partial charge in [0.1, 0.15) is 5.75 Å². The second-order valence-electron chi connectivity index (χ2n) is 5.70. The number of aromatic nitrogens is 1. The van der Waals surface area contributed by atoms with Crippen LogP contribution in [-0.4, -0.2) is 12.1 Å². The largest absolute Gasteiger partial charge is 0.497 e. The van der Waals surface area contributed by atoms with E-state index in [-0.39, 0.29) is 0 Å². The van der Waals surface area contributed by atoms with Crippen molar-refractivity contribution in [2.24, 2.45) is 0 Å². The summed E-state index contributed by atoms with van der Waals surface area (Å²) in [6, 6.07) is 6.05. The van der Waals surface area contributed by atoms with Crippen LogP contribution >= 0.6 is 0 Å². The Hall–Kier alpha value is -1.57. The first-order valence-corrected chi connectivity index (χ1v) is 7.96. The predicted molar refractivity (Wildman–Crippen MR) is 90.0 cm³/mol. The van der Waals surface area contributed by atoms with Gasteiger partial charge in [-0.15, -0.1) is 0 Å². The van der Waals surface area contributed by atoms with Crippen LogP contribution in [0.3, 0.4) is 0 Å². The quantitative estimate of drug-likeness (QED) is 0.648. The minimum absolute atomic E-state index is 0.848. The highest BCUT2D eigenvalue weighted by molar-refractivity contribution is 5.85. The van der Waals surface area contributed by atoms with Crippen LogP contribution in [0.2, 0.25) is 0 Å². The maximum absolute atomic E-state index is 5.27. The fourth-order valence-electron chi connectivity index (χ4n) is 2.85. The third-order valence-corrected chi connectivity index (χ3v) is 4.15. The Morgan fingerprint density at radius 2 is 1.90 bits per heavy atom. The molecular formula is C19H26NO. The molecule has 2 heteroatoms. The number of pyridine rings is 1. The van der Waals surface area contributed by atoms with Crippen molar-refractivity contribution in [1.82, 2.24) is 4.98 Å². The van der Waals surface area contributed by atoms with Crippen molar-refractivity contribution in [3.8, 4) is 5.75 Å². The van der Waals surface area contributed by atoms with E-state index in [1.165, 1.54) is 37.7 Å². The second kappa shape index (κ2) is 7.44. The van der Waals surface area contributed by atoms with E-state index in [1.54, 1.807) is 7.11 Å². The fraction of sp³-hybridized carbons (Fsp3) is 0.474. The van der Waals surface area contributed by atoms with Crippen molar-refractivity contribution in [2.75, 3.05) is 7.11 Å². The van der Waals surface area contributed by atoms with Crippen LogP contribution < -0.4 is 4.74 Å². The van der Waals surface area contributed by atoms with Gasteiger partial charge in [-0.3, -0.25) is 4.98 Å². The molecule has 113 valence electrons. The molecule has 2 nitrogen and oxygen atoms in total. The average molecular weight is 284 g/mol. The Kier molecular flexibility index (Phi) is 5.60. The molecule has 0 fully saturated rings. The molecule has 0 saturated heterocycles. The lowest BCUT2D eigenvalue weighted by Crippen LogP contribution is -1.99. The smallest absolute Gasteiger partial charge is 0.121 e. The molecule has 21 heavy (non-hydrogen) atoms. The van der Waals surface area contributed by atoms with E-state index < -0.39 is 0 Å². The summed E-state index contributed by atoms with van der Waals surface area (Å²) in [6.07, 6.45) is 7.58. The molecule has 0 aliphatic heterocycles. The van der Waals surface area contributed by atoms with Gasteiger partial charge in [-0.1, -0.05) is 32.6 Å². The number of methoxy groups -OCH3 is 1. The fourth-order valence-corrected chi connectivity index (χ4v) is 2.85. The first kappa shape index (κ1) is 15.8. The molecule has 1 heterocycles. The number of hydrogen-bond donors (Lipinski definition) is 0. The number of aryl methyl sites for hydroxylation is 1. The SMILES string of the molecule is [CH2]c1c(CCCCCCC)c(C)nc2cc(OC)ccc12. The minimum Gasteiger partial charge on any atom is -0.497 e. The summed E-state index contributed by atoms with van der Waals surface area (Å²) in [5.74, 6) is 0.848. The zero-order valence-electron chi connectivity index (χ0n) is 13.5. The van der Waals surface area contributed by atoms with Crippen LogP contribution in [0.5, 0.6) is 5.75 Å². The summed E-state index contributed by atoms with van der Waals surface area (Å²) in [7, 11) is 1.68. The van der Waals surface area contributed by atoms with Gasteiger partial charge in [0.05, 0.1) is 12.6 Å². The number of unbranched alkanes of at least 4 members (excludes halogenated alkanes) is 4. The third kappa shape index (κ3) is 3.75. The average Bonchev–Trinajstić information content (AvgIpc) is 2.49. The van der Waals surface area contributed by atoms with Crippen LogP contribution in [0, 0.1) is 13.8 Å². The normalized spacial score (nSPS) is 11.0. The van der Waals surface area contributed by atoms with Gasteiger partial charge in [-0.2, -0.15) is 0 Å². The van der Waals surface area contributed by atoms with Crippen molar-refractivity contribution >= 4 is 10.9 Å². The van der Waals surface area contributed by atoms with Crippen LogP contribution in [0.15, 0.2) is 18.2 Å². The Bertz CT molecular complexity index is 604. The van der Waals surface area contributed by atoms with Crippen molar-refractivity contribution in [3.63, 3.8) is 0 Å². The third-order valence-electron chi connectivity index (χ3n) is 4.15. The molecule has 0 aliphatic carbocycles. The number of hydrogen-bond acceptors (Lipinski definition) is 2. The van der Waals surface area contributed by atoms with Crippen LogP contribution in [0.4, 0.5) is 0 Å². The molecule has 0 amide bonds. The van der Waals surface area contributed by atoms with Gasteiger partial charge in [0.25, 0.3) is 0 Å². The molecule has 0 N–H and O–H groups in total. The monoisotopic (exact) mass is 284 g/mol. The molecular weight excluding hydrogens is 258 g/mol. The lowest BCUT2D eigenvalue weighted by Gasteiger charge is -2.13. The summed E-state index contributed by atoms with van der Waals surface area (Å²) in [4.78, 5) is 4.74. The highest BCUT2D eigenvalue weighted by Gasteiger charge is 2.10. The molecule has 1 radical (unpaired) electrons. The van der Waals surface area contributed by atoms with Gasteiger partial charge in [-0.25, -0.2) is 0 Å². The Balaban J connectivity index is 2.20. The molecule has 1 aromatic carbocycles. The van der Waals surface area contributed by atoms with Gasteiger partial charge < -0.3 is 4.74 Å². The van der Waals surface area contributed by atoms with E-state index in [0.29, 0.717) is 0 Å². The summed E-state index contributed by atoms with van der Waals surface area (Å²) in [5.41, 5.74) is 4.54. The van der Waals surface area contributed by atoms with E-state index in [4.69, 9.17) is 9.72 Å². The second-order valence-corrected chi connectivity index (χ2v) is 5.70. The van der Waals surface area contributed by atoms with E-state index >= 15 is 0 Å². The van der Waals surface area contributed by atoms with Crippen molar-refractivity contribution in [1.29, 1.82) is 0 Å².